The lowest BCUT2D eigenvalue weighted by Crippen LogP contribution is -2.22. The molecule has 5 nitrogen and oxygen atoms in total. The van der Waals surface area contributed by atoms with Gasteiger partial charge in [-0.05, 0) is 35.9 Å². The maximum absolute atomic E-state index is 12.8. The number of aromatic nitrogens is 2. The van der Waals surface area contributed by atoms with Crippen molar-refractivity contribution >= 4 is 49.3 Å². The lowest BCUT2D eigenvalue weighted by atomic mass is 10.2. The molecule has 0 amide bonds. The number of thiazole rings is 1. The number of para-hydroxylation sites is 2. The molecule has 25 heavy (non-hydrogen) atoms. The zero-order valence-electron chi connectivity index (χ0n) is 13.4. The van der Waals surface area contributed by atoms with E-state index < -0.39 is 0 Å². The summed E-state index contributed by atoms with van der Waals surface area (Å²) in [4.78, 5) is 18.0. The third-order valence-electron chi connectivity index (χ3n) is 3.93. The molecule has 7 heteroatoms. The number of hydrogen-bond donors (Lipinski definition) is 0. The summed E-state index contributed by atoms with van der Waals surface area (Å²) in [6, 6.07) is 11.3. The van der Waals surface area contributed by atoms with Gasteiger partial charge in [-0.2, -0.15) is 0 Å². The second-order valence-electron chi connectivity index (χ2n) is 5.36. The van der Waals surface area contributed by atoms with Crippen molar-refractivity contribution in [3.05, 3.63) is 61.3 Å². The quantitative estimate of drug-likeness (QED) is 0.514. The predicted molar refractivity (Wildman–Crippen MR) is 103 cm³/mol. The first-order chi connectivity index (χ1) is 12.1. The second kappa shape index (κ2) is 6.16. The molecule has 126 valence electrons. The Morgan fingerprint density at radius 3 is 2.64 bits per heavy atom. The van der Waals surface area contributed by atoms with Crippen LogP contribution in [0.25, 0.3) is 22.1 Å². The van der Waals surface area contributed by atoms with Gasteiger partial charge in [-0.25, -0.2) is 9.38 Å². The van der Waals surface area contributed by atoms with Crippen LogP contribution in [0.4, 0.5) is 0 Å². The molecule has 0 aliphatic rings. The fourth-order valence-electron chi connectivity index (χ4n) is 2.73. The van der Waals surface area contributed by atoms with E-state index >= 15 is 0 Å². The Kier molecular flexibility index (Phi) is 3.97. The highest BCUT2D eigenvalue weighted by Crippen LogP contribution is 2.33. The molecule has 2 heterocycles. The normalized spacial score (nSPS) is 12.2. The van der Waals surface area contributed by atoms with E-state index in [1.807, 2.05) is 42.5 Å². The third kappa shape index (κ3) is 2.60. The fraction of sp³-hybridized carbons (Fsp3) is 0.111. The van der Waals surface area contributed by atoms with Crippen molar-refractivity contribution in [2.24, 2.45) is 0 Å². The van der Waals surface area contributed by atoms with Gasteiger partial charge >= 0.3 is 0 Å². The van der Waals surface area contributed by atoms with Crippen LogP contribution in [0.15, 0.2) is 45.7 Å². The molecule has 0 bridgehead atoms. The minimum Gasteiger partial charge on any atom is -0.493 e. The Hall–Kier alpha value is -2.38. The van der Waals surface area contributed by atoms with Crippen molar-refractivity contribution in [2.75, 3.05) is 14.2 Å². The van der Waals surface area contributed by atoms with Gasteiger partial charge < -0.3 is 9.47 Å². The van der Waals surface area contributed by atoms with E-state index in [9.17, 15) is 4.79 Å². The van der Waals surface area contributed by atoms with Crippen molar-refractivity contribution in [1.82, 2.24) is 9.38 Å². The van der Waals surface area contributed by atoms with Gasteiger partial charge in [0.25, 0.3) is 5.56 Å². The van der Waals surface area contributed by atoms with Gasteiger partial charge in [-0.3, -0.25) is 4.79 Å². The Morgan fingerprint density at radius 2 is 1.88 bits per heavy atom. The molecule has 0 spiro atoms. The van der Waals surface area contributed by atoms with Crippen LogP contribution in [0.3, 0.4) is 0 Å². The maximum Gasteiger partial charge on any atom is 0.274 e. The average Bonchev–Trinajstić information content (AvgIpc) is 3.13. The van der Waals surface area contributed by atoms with Gasteiger partial charge in [0.05, 0.1) is 29.8 Å². The lowest BCUT2D eigenvalue weighted by Gasteiger charge is -2.09. The number of methoxy groups -OCH3 is 2. The van der Waals surface area contributed by atoms with Crippen LogP contribution in [-0.2, 0) is 0 Å². The average molecular weight is 417 g/mol. The van der Waals surface area contributed by atoms with Gasteiger partial charge in [0, 0.05) is 4.47 Å². The molecule has 0 saturated heterocycles. The zero-order chi connectivity index (χ0) is 17.6. The number of halogens is 1. The molecule has 0 unspecified atom stereocenters. The Bertz CT molecular complexity index is 1210. The molecule has 0 fully saturated rings. The van der Waals surface area contributed by atoms with Crippen molar-refractivity contribution < 1.29 is 9.47 Å². The minimum absolute atomic E-state index is 0.0737. The Balaban J connectivity index is 1.96. The van der Waals surface area contributed by atoms with E-state index in [2.05, 4.69) is 20.9 Å². The van der Waals surface area contributed by atoms with Crippen LogP contribution in [0.2, 0.25) is 0 Å². The largest absolute Gasteiger partial charge is 0.493 e. The number of benzene rings is 2. The van der Waals surface area contributed by atoms with Crippen LogP contribution in [-0.4, -0.2) is 23.6 Å². The summed E-state index contributed by atoms with van der Waals surface area (Å²) in [7, 11) is 3.17. The molecule has 0 aliphatic heterocycles. The highest BCUT2D eigenvalue weighted by molar-refractivity contribution is 9.10. The summed E-state index contributed by atoms with van der Waals surface area (Å²) in [6.07, 6.45) is 1.84. The summed E-state index contributed by atoms with van der Waals surface area (Å²) >= 11 is 4.89. The number of hydrogen-bond acceptors (Lipinski definition) is 5. The predicted octanol–water partition coefficient (Wildman–Crippen LogP) is 3.24. The highest BCUT2D eigenvalue weighted by atomic mass is 79.9. The number of imidazole rings is 1. The molecular weight excluding hydrogens is 404 g/mol. The summed E-state index contributed by atoms with van der Waals surface area (Å²) in [6.45, 7) is 0. The first-order valence-corrected chi connectivity index (χ1v) is 9.06. The highest BCUT2D eigenvalue weighted by Gasteiger charge is 2.12. The minimum atomic E-state index is -0.0737. The van der Waals surface area contributed by atoms with E-state index in [0.717, 1.165) is 21.1 Å². The number of ether oxygens (including phenoxy) is 2. The Labute approximate surface area is 155 Å². The van der Waals surface area contributed by atoms with Gasteiger partial charge in [-0.1, -0.05) is 39.4 Å². The number of fused-ring (bicyclic) bond motifs is 3. The monoisotopic (exact) mass is 416 g/mol. The van der Waals surface area contributed by atoms with Crippen LogP contribution in [0, 0.1) is 0 Å². The number of rotatable bonds is 3. The summed E-state index contributed by atoms with van der Waals surface area (Å²) in [5.74, 6) is 1.23. The molecule has 0 aliphatic carbocycles. The van der Waals surface area contributed by atoms with Gasteiger partial charge in [-0.15, -0.1) is 0 Å². The summed E-state index contributed by atoms with van der Waals surface area (Å²) in [5, 5.41) is 0. The molecule has 0 radical (unpaired) electrons. The summed E-state index contributed by atoms with van der Waals surface area (Å²) in [5.41, 5.74) is 2.41. The van der Waals surface area contributed by atoms with E-state index in [4.69, 9.17) is 9.47 Å². The van der Waals surface area contributed by atoms with Crippen LogP contribution < -0.4 is 19.6 Å². The molecule has 2 aromatic carbocycles. The van der Waals surface area contributed by atoms with E-state index in [-0.39, 0.29) is 5.56 Å². The molecule has 4 aromatic rings. The van der Waals surface area contributed by atoms with Crippen LogP contribution in [0.5, 0.6) is 11.5 Å². The molecule has 0 atom stereocenters. The van der Waals surface area contributed by atoms with Crippen LogP contribution >= 0.6 is 27.3 Å². The standard InChI is InChI=1S/C18H13BrN2O3S/c1-23-14-7-10(11(19)9-15(14)24-2)8-16-17(22)21-13-6-4-3-5-12(13)20-18(21)25-16/h3-9H,1-2H3/b16-8-. The molecule has 0 N–H and O–H groups in total. The molecular formula is C18H13BrN2O3S. The van der Waals surface area contributed by atoms with Gasteiger partial charge in [0.15, 0.2) is 16.5 Å². The second-order valence-corrected chi connectivity index (χ2v) is 7.23. The lowest BCUT2D eigenvalue weighted by molar-refractivity contribution is 0.354. The first kappa shape index (κ1) is 16.1. The van der Waals surface area contributed by atoms with Gasteiger partial charge in [0.1, 0.15) is 0 Å². The SMILES string of the molecule is COc1cc(Br)c(/C=c2\sc3nc4ccccc4n3c2=O)cc1OC. The first-order valence-electron chi connectivity index (χ1n) is 7.45. The smallest absolute Gasteiger partial charge is 0.274 e. The van der Waals surface area contributed by atoms with Gasteiger partial charge in [0.2, 0.25) is 0 Å². The third-order valence-corrected chi connectivity index (χ3v) is 5.59. The zero-order valence-corrected chi connectivity index (χ0v) is 15.8. The molecule has 0 saturated carbocycles. The number of nitrogens with zero attached hydrogens (tertiary/aromatic N) is 2. The fourth-order valence-corrected chi connectivity index (χ4v) is 4.15. The van der Waals surface area contributed by atoms with Crippen molar-refractivity contribution in [3.8, 4) is 11.5 Å². The topological polar surface area (TPSA) is 52.8 Å². The Morgan fingerprint density at radius 1 is 1.16 bits per heavy atom. The van der Waals surface area contributed by atoms with Crippen molar-refractivity contribution in [2.45, 2.75) is 0 Å². The van der Waals surface area contributed by atoms with Crippen molar-refractivity contribution in [3.63, 3.8) is 0 Å². The summed E-state index contributed by atoms with van der Waals surface area (Å²) < 4.78 is 13.7. The van der Waals surface area contributed by atoms with Crippen molar-refractivity contribution in [1.29, 1.82) is 0 Å². The van der Waals surface area contributed by atoms with E-state index in [0.29, 0.717) is 21.0 Å². The van der Waals surface area contributed by atoms with E-state index in [1.165, 1.54) is 11.3 Å². The maximum atomic E-state index is 12.8. The molecule has 4 rings (SSSR count). The van der Waals surface area contributed by atoms with Crippen LogP contribution in [0.1, 0.15) is 5.56 Å². The molecule has 2 aromatic heterocycles. The van der Waals surface area contributed by atoms with E-state index in [1.54, 1.807) is 18.6 Å².